The van der Waals surface area contributed by atoms with E-state index in [1.165, 1.54) is 0 Å². The predicted octanol–water partition coefficient (Wildman–Crippen LogP) is -14.6. The first-order chi connectivity index (χ1) is 10.2. The van der Waals surface area contributed by atoms with Crippen LogP contribution < -0.4 is 123 Å². The first-order valence-electron chi connectivity index (χ1n) is 4.48. The third-order valence-electron chi connectivity index (χ3n) is 0.760. The molecule has 0 amide bonds. The molecule has 7 N–H and O–H groups in total. The van der Waals surface area contributed by atoms with Crippen LogP contribution >= 0.6 is 0 Å². The van der Waals surface area contributed by atoms with E-state index in [1.54, 1.807) is 0 Å². The molecule has 0 rings (SSSR count). The first-order valence-corrected chi connectivity index (χ1v) is 4.48. The van der Waals surface area contributed by atoms with E-state index in [4.69, 9.17) is 54.9 Å². The van der Waals surface area contributed by atoms with Gasteiger partial charge in [-0.25, -0.2) is 25.5 Å². The Labute approximate surface area is 248 Å². The van der Waals surface area contributed by atoms with Crippen molar-refractivity contribution in [2.75, 3.05) is 0 Å². The van der Waals surface area contributed by atoms with Crippen LogP contribution in [-0.4, -0.2) is 72.2 Å². The van der Waals surface area contributed by atoms with Crippen LogP contribution in [0.1, 0.15) is 2.85 Å². The van der Waals surface area contributed by atoms with Gasteiger partial charge < -0.3 is 53.7 Å². The standard InChI is InChI=1S/2C3H4O3.C2H2O4.C2HO3.4Na.H2O.2H/c2*1-2(4)3(5)6;3-1(4)2(5)6;3-1-2(4)5;;;;;;;/h2*4H,1H2,(H,5,6);(H,3,4)(H,5,6);(H,4,5);;;;;1H2;;/q;;;-1;4*+1;;2*-1/p-2. The van der Waals surface area contributed by atoms with Crippen LogP contribution in [0.5, 0.6) is 0 Å². The number of aliphatic carboxylic acids is 5. The molecule has 0 fully saturated rings. The smallest absolute Gasteiger partial charge is 1.00 e. The van der Waals surface area contributed by atoms with E-state index >= 15 is 0 Å². The van der Waals surface area contributed by atoms with Gasteiger partial charge in [0.25, 0.3) is 0 Å². The Kier molecular flexibility index (Phi) is 76.3. The monoisotopic (exact) mass is 449 g/mol. The topological polar surface area (TPSA) is 277 Å². The molecule has 0 radical (unpaired) electrons. The Bertz CT molecular complexity index is 422. The van der Waals surface area contributed by atoms with Crippen LogP contribution in [0.25, 0.3) is 0 Å². The van der Waals surface area contributed by atoms with Gasteiger partial charge in [-0.3, -0.25) is 0 Å². The molecule has 0 saturated carbocycles. The van der Waals surface area contributed by atoms with E-state index in [1.807, 2.05) is 0 Å². The number of aliphatic hydroxyl groups is 2. The van der Waals surface area contributed by atoms with Crippen molar-refractivity contribution in [3.05, 3.63) is 24.7 Å². The molecule has 0 aliphatic carbocycles. The third kappa shape index (κ3) is 82.8. The molecule has 0 atom stereocenters. The zero-order valence-corrected chi connectivity index (χ0v) is 23.4. The van der Waals surface area contributed by atoms with Gasteiger partial charge in [0.15, 0.2) is 11.5 Å². The minimum absolute atomic E-state index is 0. The fourth-order valence-electron chi connectivity index (χ4n) is 0. The van der Waals surface area contributed by atoms with Crippen molar-refractivity contribution in [2.24, 2.45) is 0 Å². The van der Waals surface area contributed by atoms with Gasteiger partial charge >= 0.3 is 142 Å². The van der Waals surface area contributed by atoms with Crippen molar-refractivity contribution >= 4 is 36.1 Å². The Morgan fingerprint density at radius 2 is 0.750 bits per heavy atom. The van der Waals surface area contributed by atoms with Gasteiger partial charge in [0.2, 0.25) is 0 Å². The molecule has 28 heavy (non-hydrogen) atoms. The zero-order chi connectivity index (χ0) is 19.7. The summed E-state index contributed by atoms with van der Waals surface area (Å²) in [6, 6.07) is 0. The van der Waals surface area contributed by atoms with Crippen molar-refractivity contribution in [2.45, 2.75) is 0 Å². The van der Waals surface area contributed by atoms with Crippen molar-refractivity contribution in [1.82, 2.24) is 0 Å². The van der Waals surface area contributed by atoms with Crippen molar-refractivity contribution in [3.8, 4) is 0 Å². The largest absolute Gasteiger partial charge is 1.00 e. The molecule has 0 heterocycles. The summed E-state index contributed by atoms with van der Waals surface area (Å²) in [4.78, 5) is 54.4. The number of carboxylic acid groups (broad SMARTS) is 5. The molecule has 0 bridgehead atoms. The molecule has 142 valence electrons. The second-order valence-electron chi connectivity index (χ2n) is 2.50. The van der Waals surface area contributed by atoms with Gasteiger partial charge in [0.1, 0.15) is 0 Å². The number of carbonyl (C=O) groups excluding carboxylic acids is 2. The van der Waals surface area contributed by atoms with E-state index < -0.39 is 41.4 Å². The van der Waals surface area contributed by atoms with Gasteiger partial charge in [-0.15, -0.1) is 0 Å². The summed E-state index contributed by atoms with van der Waals surface area (Å²) in [7, 11) is 0. The van der Waals surface area contributed by atoms with Crippen LogP contribution in [0.15, 0.2) is 24.7 Å². The molecule has 0 aromatic carbocycles. The van der Waals surface area contributed by atoms with Crippen molar-refractivity contribution in [3.63, 3.8) is 0 Å². The van der Waals surface area contributed by atoms with Gasteiger partial charge in [-0.2, -0.15) is 0 Å². The van der Waals surface area contributed by atoms with Crippen molar-refractivity contribution in [1.29, 1.82) is 0 Å². The van der Waals surface area contributed by atoms with Crippen LogP contribution in [0.4, 0.5) is 0 Å². The van der Waals surface area contributed by atoms with Crippen LogP contribution in [0.2, 0.25) is 0 Å². The molecule has 0 aliphatic heterocycles. The molecule has 0 aromatic rings. The summed E-state index contributed by atoms with van der Waals surface area (Å²) in [5.41, 5.74) is 0. The van der Waals surface area contributed by atoms with E-state index in [-0.39, 0.29) is 127 Å². The van der Waals surface area contributed by atoms with E-state index in [9.17, 15) is 9.59 Å². The van der Waals surface area contributed by atoms with E-state index in [0.29, 0.717) is 6.29 Å². The number of carbonyl (C=O) groups is 5. The molecular weight excluding hydrogens is 436 g/mol. The number of aliphatic hydroxyl groups excluding tert-OH is 2. The Morgan fingerprint density at radius 3 is 0.750 bits per heavy atom. The SMILES string of the molecule is C=C(O)C(=O)O.C=C(O)C(=O)O.O=C(O)C(=O)O.O=[C-]C(=O)[O-].[H-].[H-].[Na+].[Na+].[Na+].[Na+].[OH-]. The summed E-state index contributed by atoms with van der Waals surface area (Å²) in [5.74, 6) is -9.86. The van der Waals surface area contributed by atoms with Gasteiger partial charge in [0.05, 0.1) is 0 Å². The molecule has 14 nitrogen and oxygen atoms in total. The molecule has 0 saturated heterocycles. The van der Waals surface area contributed by atoms with Crippen LogP contribution in [0, 0.1) is 0 Å². The summed E-state index contributed by atoms with van der Waals surface area (Å²) in [6.07, 6.45) is 0.583. The Morgan fingerprint density at radius 1 is 0.643 bits per heavy atom. The molecule has 0 aliphatic rings. The average Bonchev–Trinajstić information content (AvgIpc) is 2.40. The minimum Gasteiger partial charge on any atom is -1.00 e. The number of carboxylic acids is 5. The summed E-state index contributed by atoms with van der Waals surface area (Å²) in [5, 5.41) is 54.6. The molecule has 18 heteroatoms. The molecule has 0 unspecified atom stereocenters. The second kappa shape index (κ2) is 37.8. The van der Waals surface area contributed by atoms with Gasteiger partial charge in [0, 0.05) is 0 Å². The maximum Gasteiger partial charge on any atom is 1.00 e. The van der Waals surface area contributed by atoms with Gasteiger partial charge in [-0.1, -0.05) is 5.97 Å². The van der Waals surface area contributed by atoms with Crippen molar-refractivity contribution < 1.29 is 191 Å². The fraction of sp³-hybridized carbons (Fsp3) is 0. The van der Waals surface area contributed by atoms with Gasteiger partial charge in [-0.05, 0) is 13.2 Å². The molecule has 0 spiro atoms. The zero-order valence-electron chi connectivity index (χ0n) is 17.4. The Balaban J connectivity index is -0.0000000166. The number of rotatable bonds is 3. The third-order valence-corrected chi connectivity index (χ3v) is 0.760. The first kappa shape index (κ1) is 56.6. The summed E-state index contributed by atoms with van der Waals surface area (Å²) >= 11 is 0. The van der Waals surface area contributed by atoms with E-state index in [0.717, 1.165) is 0 Å². The van der Waals surface area contributed by atoms with Crippen LogP contribution in [0.3, 0.4) is 0 Å². The summed E-state index contributed by atoms with van der Waals surface area (Å²) < 4.78 is 0. The average molecular weight is 449 g/mol. The number of hydrogen-bond acceptors (Lipinski definition) is 10. The Hall–Kier alpha value is 0.0600. The maximum atomic E-state index is 9.35. The fourth-order valence-corrected chi connectivity index (χ4v) is 0. The number of hydrogen-bond donors (Lipinski definition) is 6. The van der Waals surface area contributed by atoms with Crippen LogP contribution in [-0.2, 0) is 28.8 Å². The molecule has 0 aromatic heterocycles. The quantitative estimate of drug-likeness (QED) is 0.0767. The molecular formula is C10H13Na4O14-. The predicted molar refractivity (Wildman–Crippen MR) is 68.9 cm³/mol. The summed E-state index contributed by atoms with van der Waals surface area (Å²) in [6.45, 7) is 5.42. The maximum absolute atomic E-state index is 9.35. The normalized spacial score (nSPS) is 5.86. The minimum atomic E-state index is -1.82. The second-order valence-corrected chi connectivity index (χ2v) is 2.50. The van der Waals surface area contributed by atoms with E-state index in [2.05, 4.69) is 13.2 Å².